The van der Waals surface area contributed by atoms with Crippen LogP contribution >= 0.6 is 22.9 Å². The minimum Gasteiger partial charge on any atom is -0.368 e. The number of fused-ring (bicyclic) bond motifs is 3. The standard InChI is InChI=1S/C25H25ClN4O2S/c1-17-24-23(20-8-2-3-9-21(20)33-24)25(32)30(27-17)11-5-10-22(31)29-14-12-28(13-15-29)19-7-4-6-18(26)16-19/h2-4,6-9,16H,5,10-15H2,1H3. The van der Waals surface area contributed by atoms with Crippen LogP contribution in [0.2, 0.25) is 5.02 Å². The molecule has 0 aliphatic carbocycles. The Morgan fingerprint density at radius 1 is 1.09 bits per heavy atom. The molecule has 2 aromatic heterocycles. The van der Waals surface area contributed by atoms with Gasteiger partial charge in [0, 0.05) is 59.9 Å². The second kappa shape index (κ2) is 9.15. The third kappa shape index (κ3) is 4.35. The number of aromatic nitrogens is 2. The highest BCUT2D eigenvalue weighted by Gasteiger charge is 2.21. The summed E-state index contributed by atoms with van der Waals surface area (Å²) in [5, 5.41) is 6.97. The maximum Gasteiger partial charge on any atom is 0.276 e. The molecule has 1 saturated heterocycles. The van der Waals surface area contributed by atoms with E-state index in [1.807, 2.05) is 60.4 Å². The number of aryl methyl sites for hydroxylation is 2. The fourth-order valence-corrected chi connectivity index (χ4v) is 5.81. The van der Waals surface area contributed by atoms with Crippen molar-refractivity contribution < 1.29 is 4.79 Å². The molecule has 0 radical (unpaired) electrons. The van der Waals surface area contributed by atoms with Gasteiger partial charge in [0.1, 0.15) is 0 Å². The summed E-state index contributed by atoms with van der Waals surface area (Å²) < 4.78 is 3.58. The van der Waals surface area contributed by atoms with Crippen molar-refractivity contribution in [2.75, 3.05) is 31.1 Å². The van der Waals surface area contributed by atoms with Gasteiger partial charge in [0.25, 0.3) is 5.56 Å². The van der Waals surface area contributed by atoms with Crippen LogP contribution in [0.1, 0.15) is 18.5 Å². The monoisotopic (exact) mass is 480 g/mol. The maximum atomic E-state index is 13.1. The Hall–Kier alpha value is -2.90. The molecule has 0 saturated carbocycles. The van der Waals surface area contributed by atoms with Gasteiger partial charge in [-0.3, -0.25) is 9.59 Å². The Balaban J connectivity index is 1.21. The summed E-state index contributed by atoms with van der Waals surface area (Å²) in [6.07, 6.45) is 1.00. The van der Waals surface area contributed by atoms with Crippen LogP contribution in [0.3, 0.4) is 0 Å². The average Bonchev–Trinajstić information content (AvgIpc) is 3.23. The van der Waals surface area contributed by atoms with E-state index in [2.05, 4.69) is 10.00 Å². The van der Waals surface area contributed by atoms with Crippen molar-refractivity contribution in [2.24, 2.45) is 0 Å². The van der Waals surface area contributed by atoms with Crippen LogP contribution in [-0.4, -0.2) is 46.8 Å². The molecule has 0 atom stereocenters. The lowest BCUT2D eigenvalue weighted by atomic mass is 10.2. The van der Waals surface area contributed by atoms with Gasteiger partial charge in [-0.2, -0.15) is 5.10 Å². The zero-order chi connectivity index (χ0) is 22.9. The van der Waals surface area contributed by atoms with Gasteiger partial charge in [-0.05, 0) is 37.6 Å². The third-order valence-corrected chi connectivity index (χ3v) is 7.72. The van der Waals surface area contributed by atoms with Crippen molar-refractivity contribution in [1.82, 2.24) is 14.7 Å². The first-order chi connectivity index (χ1) is 16.0. The van der Waals surface area contributed by atoms with E-state index in [0.29, 0.717) is 32.5 Å². The van der Waals surface area contributed by atoms with Crippen molar-refractivity contribution in [2.45, 2.75) is 26.3 Å². The largest absolute Gasteiger partial charge is 0.368 e. The zero-order valence-electron chi connectivity index (χ0n) is 18.5. The van der Waals surface area contributed by atoms with Crippen LogP contribution in [0.5, 0.6) is 0 Å². The fraction of sp³-hybridized carbons (Fsp3) is 0.320. The molecule has 5 rings (SSSR count). The quantitative estimate of drug-likeness (QED) is 0.415. The first-order valence-electron chi connectivity index (χ1n) is 11.2. The lowest BCUT2D eigenvalue weighted by molar-refractivity contribution is -0.131. The van der Waals surface area contributed by atoms with E-state index >= 15 is 0 Å². The Morgan fingerprint density at radius 2 is 1.88 bits per heavy atom. The highest BCUT2D eigenvalue weighted by Crippen LogP contribution is 2.32. The van der Waals surface area contributed by atoms with Crippen molar-refractivity contribution in [1.29, 1.82) is 0 Å². The van der Waals surface area contributed by atoms with Crippen molar-refractivity contribution in [3.05, 3.63) is 69.6 Å². The van der Waals surface area contributed by atoms with Gasteiger partial charge in [0.15, 0.2) is 0 Å². The van der Waals surface area contributed by atoms with Gasteiger partial charge >= 0.3 is 0 Å². The number of thiophene rings is 1. The van der Waals surface area contributed by atoms with Gasteiger partial charge < -0.3 is 9.80 Å². The maximum absolute atomic E-state index is 13.1. The first kappa shape index (κ1) is 21.9. The Labute approximate surface area is 201 Å². The summed E-state index contributed by atoms with van der Waals surface area (Å²) in [5.41, 5.74) is 1.87. The molecule has 1 aliphatic rings. The van der Waals surface area contributed by atoms with Crippen molar-refractivity contribution in [3.8, 4) is 0 Å². The minimum atomic E-state index is -0.0735. The molecule has 2 aromatic carbocycles. The smallest absolute Gasteiger partial charge is 0.276 e. The molecule has 1 fully saturated rings. The molecule has 0 spiro atoms. The van der Waals surface area contributed by atoms with E-state index in [4.69, 9.17) is 11.6 Å². The Morgan fingerprint density at radius 3 is 2.67 bits per heavy atom. The number of anilines is 1. The van der Waals surface area contributed by atoms with Crippen LogP contribution in [0.25, 0.3) is 20.2 Å². The highest BCUT2D eigenvalue weighted by atomic mass is 35.5. The number of hydrogen-bond acceptors (Lipinski definition) is 5. The molecule has 1 aliphatic heterocycles. The number of halogens is 1. The average molecular weight is 481 g/mol. The van der Waals surface area contributed by atoms with E-state index < -0.39 is 0 Å². The lowest BCUT2D eigenvalue weighted by Crippen LogP contribution is -2.48. The summed E-state index contributed by atoms with van der Waals surface area (Å²) in [4.78, 5) is 30.1. The fourth-order valence-electron chi connectivity index (χ4n) is 4.49. The number of piperazine rings is 1. The second-order valence-corrected chi connectivity index (χ2v) is 9.86. The molecule has 170 valence electrons. The first-order valence-corrected chi connectivity index (χ1v) is 12.4. The predicted octanol–water partition coefficient (Wildman–Crippen LogP) is 4.70. The van der Waals surface area contributed by atoms with Crippen LogP contribution in [-0.2, 0) is 11.3 Å². The molecule has 3 heterocycles. The molecular weight excluding hydrogens is 456 g/mol. The summed E-state index contributed by atoms with van der Waals surface area (Å²) in [6, 6.07) is 15.8. The van der Waals surface area contributed by atoms with Crippen LogP contribution < -0.4 is 10.5 Å². The number of rotatable bonds is 5. The van der Waals surface area contributed by atoms with Crippen molar-refractivity contribution in [3.63, 3.8) is 0 Å². The summed E-state index contributed by atoms with van der Waals surface area (Å²) in [7, 11) is 0. The number of benzene rings is 2. The van der Waals surface area contributed by atoms with Gasteiger partial charge in [0.2, 0.25) is 5.91 Å². The van der Waals surface area contributed by atoms with Crippen LogP contribution in [0.15, 0.2) is 53.3 Å². The predicted molar refractivity (Wildman–Crippen MR) is 136 cm³/mol. The van der Waals surface area contributed by atoms with E-state index in [1.54, 1.807) is 11.3 Å². The van der Waals surface area contributed by atoms with Gasteiger partial charge in [-0.15, -0.1) is 11.3 Å². The van der Waals surface area contributed by atoms with Crippen molar-refractivity contribution >= 4 is 54.7 Å². The van der Waals surface area contributed by atoms with E-state index in [0.717, 1.165) is 49.7 Å². The number of carbonyl (C=O) groups excluding carboxylic acids is 1. The van der Waals surface area contributed by atoms with Gasteiger partial charge in [0.05, 0.1) is 15.8 Å². The Kier molecular flexibility index (Phi) is 6.08. The number of carbonyl (C=O) groups is 1. The molecule has 0 unspecified atom stereocenters. The summed E-state index contributed by atoms with van der Waals surface area (Å²) in [6.45, 7) is 5.33. The number of amides is 1. The number of hydrogen-bond donors (Lipinski definition) is 0. The summed E-state index contributed by atoms with van der Waals surface area (Å²) >= 11 is 7.72. The summed E-state index contributed by atoms with van der Waals surface area (Å²) in [5.74, 6) is 0.132. The minimum absolute atomic E-state index is 0.0735. The van der Waals surface area contributed by atoms with E-state index in [9.17, 15) is 9.59 Å². The molecule has 33 heavy (non-hydrogen) atoms. The molecule has 0 N–H and O–H groups in total. The van der Waals surface area contributed by atoms with E-state index in [-0.39, 0.29) is 11.5 Å². The third-order valence-electron chi connectivity index (χ3n) is 6.21. The molecule has 1 amide bonds. The molecule has 8 heteroatoms. The van der Waals surface area contributed by atoms with E-state index in [1.165, 1.54) is 4.68 Å². The molecule has 0 bridgehead atoms. The molecule has 4 aromatic rings. The Bertz CT molecular complexity index is 1390. The van der Waals surface area contributed by atoms with Gasteiger partial charge in [-0.25, -0.2) is 4.68 Å². The lowest BCUT2D eigenvalue weighted by Gasteiger charge is -2.36. The van der Waals surface area contributed by atoms with Gasteiger partial charge in [-0.1, -0.05) is 35.9 Å². The second-order valence-electron chi connectivity index (χ2n) is 8.37. The SMILES string of the molecule is Cc1nn(CCCC(=O)N2CCN(c3cccc(Cl)c3)CC2)c(=O)c2c1sc1ccccc12. The normalized spacial score (nSPS) is 14.4. The molecule has 6 nitrogen and oxygen atoms in total. The number of nitrogens with zero attached hydrogens (tertiary/aromatic N) is 4. The van der Waals surface area contributed by atoms with Crippen LogP contribution in [0, 0.1) is 6.92 Å². The topological polar surface area (TPSA) is 58.4 Å². The highest BCUT2D eigenvalue weighted by molar-refractivity contribution is 7.26. The molecular formula is C25H25ClN4O2S. The zero-order valence-corrected chi connectivity index (χ0v) is 20.0. The van der Waals surface area contributed by atoms with Crippen LogP contribution in [0.4, 0.5) is 5.69 Å².